The van der Waals surface area contributed by atoms with Crippen LogP contribution in [0.15, 0.2) is 40.8 Å². The number of benzene rings is 1. The van der Waals surface area contributed by atoms with Crippen LogP contribution in [-0.2, 0) is 15.6 Å². The lowest BCUT2D eigenvalue weighted by atomic mass is 10.1. The number of hydrogen-bond donors (Lipinski definition) is 2. The van der Waals surface area contributed by atoms with E-state index < -0.39 is 15.7 Å². The second-order valence-corrected chi connectivity index (χ2v) is 7.80. The monoisotopic (exact) mass is 360 g/mol. The molecule has 0 aliphatic rings. The van der Waals surface area contributed by atoms with E-state index in [2.05, 4.69) is 20.5 Å². The molecule has 0 unspecified atom stereocenters. The Morgan fingerprint density at radius 1 is 1.20 bits per heavy atom. The van der Waals surface area contributed by atoms with E-state index in [4.69, 9.17) is 4.42 Å². The van der Waals surface area contributed by atoms with Crippen molar-refractivity contribution in [3.63, 3.8) is 0 Å². The highest BCUT2D eigenvalue weighted by Gasteiger charge is 2.16. The van der Waals surface area contributed by atoms with Gasteiger partial charge >= 0.3 is 0 Å². The highest BCUT2D eigenvalue weighted by Crippen LogP contribution is 2.17. The molecule has 0 aliphatic carbocycles. The molecule has 0 aliphatic heterocycles. The summed E-state index contributed by atoms with van der Waals surface area (Å²) in [7, 11) is -3.23. The molecule has 1 aromatic carbocycles. The van der Waals surface area contributed by atoms with Crippen LogP contribution in [0, 0.1) is 6.92 Å². The van der Waals surface area contributed by atoms with Gasteiger partial charge in [-0.25, -0.2) is 8.42 Å². The summed E-state index contributed by atoms with van der Waals surface area (Å²) in [5.74, 6) is -0.0231. The zero-order valence-corrected chi connectivity index (χ0v) is 14.4. The highest BCUT2D eigenvalue weighted by molar-refractivity contribution is 7.89. The van der Waals surface area contributed by atoms with Gasteiger partial charge < -0.3 is 4.42 Å². The van der Waals surface area contributed by atoms with E-state index in [9.17, 15) is 13.2 Å². The maximum atomic E-state index is 12.1. The summed E-state index contributed by atoms with van der Waals surface area (Å²) in [5, 5.41) is 9.19. The molecule has 25 heavy (non-hydrogen) atoms. The molecule has 0 spiro atoms. The number of aryl methyl sites for hydroxylation is 1. The fourth-order valence-electron chi connectivity index (χ4n) is 2.16. The Morgan fingerprint density at radius 3 is 2.60 bits per heavy atom. The van der Waals surface area contributed by atoms with E-state index in [0.717, 1.165) is 17.4 Å². The van der Waals surface area contributed by atoms with E-state index in [-0.39, 0.29) is 23.2 Å². The van der Waals surface area contributed by atoms with Gasteiger partial charge in [-0.15, -0.1) is 5.10 Å². The molecule has 1 amide bonds. The quantitative estimate of drug-likeness (QED) is 0.720. The van der Waals surface area contributed by atoms with Crippen molar-refractivity contribution in [2.75, 3.05) is 11.6 Å². The van der Waals surface area contributed by atoms with Crippen molar-refractivity contribution >= 4 is 21.7 Å². The van der Waals surface area contributed by atoms with Crippen molar-refractivity contribution in [3.8, 4) is 11.4 Å². The van der Waals surface area contributed by atoms with Gasteiger partial charge in [-0.3, -0.25) is 15.2 Å². The second-order valence-electron chi connectivity index (χ2n) is 5.66. The lowest BCUT2D eigenvalue weighted by Gasteiger charge is -1.98. The van der Waals surface area contributed by atoms with Gasteiger partial charge in [-0.1, -0.05) is 29.8 Å². The molecule has 2 aromatic heterocycles. The predicted molar refractivity (Wildman–Crippen MR) is 91.8 cm³/mol. The van der Waals surface area contributed by atoms with Gasteiger partial charge in [0.1, 0.15) is 11.5 Å². The van der Waals surface area contributed by atoms with E-state index >= 15 is 0 Å². The topological polar surface area (TPSA) is 118 Å². The van der Waals surface area contributed by atoms with Gasteiger partial charge in [0.15, 0.2) is 21.4 Å². The van der Waals surface area contributed by atoms with Crippen LogP contribution >= 0.6 is 0 Å². The van der Waals surface area contributed by atoms with Crippen molar-refractivity contribution in [2.45, 2.75) is 12.7 Å². The summed E-state index contributed by atoms with van der Waals surface area (Å²) < 4.78 is 27.7. The van der Waals surface area contributed by atoms with Crippen LogP contribution < -0.4 is 5.32 Å². The van der Waals surface area contributed by atoms with Crippen molar-refractivity contribution in [1.82, 2.24) is 15.2 Å². The Hall–Kier alpha value is -2.94. The average Bonchev–Trinajstić information content (AvgIpc) is 3.16. The molecule has 0 fully saturated rings. The molecular formula is C16H16N4O4S. The highest BCUT2D eigenvalue weighted by atomic mass is 32.2. The molecule has 0 bridgehead atoms. The van der Waals surface area contributed by atoms with Gasteiger partial charge in [0.2, 0.25) is 5.95 Å². The van der Waals surface area contributed by atoms with Gasteiger partial charge in [-0.2, -0.15) is 4.98 Å². The Bertz CT molecular complexity index is 1000. The molecule has 0 radical (unpaired) electrons. The minimum atomic E-state index is -3.23. The first-order valence-corrected chi connectivity index (χ1v) is 9.43. The maximum Gasteiger partial charge on any atom is 0.293 e. The average molecular weight is 360 g/mol. The Labute approximate surface area is 144 Å². The second kappa shape index (κ2) is 6.52. The third kappa shape index (κ3) is 4.32. The van der Waals surface area contributed by atoms with E-state index in [1.807, 2.05) is 31.2 Å². The number of furan rings is 1. The molecule has 130 valence electrons. The lowest BCUT2D eigenvalue weighted by molar-refractivity contribution is 0.0994. The number of carbonyl (C=O) groups excluding carboxylic acids is 1. The summed E-state index contributed by atoms with van der Waals surface area (Å²) in [4.78, 5) is 16.3. The van der Waals surface area contributed by atoms with Crippen LogP contribution in [-0.4, -0.2) is 35.8 Å². The van der Waals surface area contributed by atoms with Crippen LogP contribution in [0.2, 0.25) is 0 Å². The number of nitrogens with one attached hydrogen (secondary N) is 2. The number of nitrogens with zero attached hydrogens (tertiary/aromatic N) is 2. The van der Waals surface area contributed by atoms with Gasteiger partial charge in [-0.05, 0) is 19.1 Å². The fourth-order valence-corrected chi connectivity index (χ4v) is 2.83. The van der Waals surface area contributed by atoms with Crippen LogP contribution in [0.3, 0.4) is 0 Å². The number of anilines is 1. The van der Waals surface area contributed by atoms with E-state index in [1.165, 1.54) is 12.1 Å². The van der Waals surface area contributed by atoms with Crippen molar-refractivity contribution in [3.05, 3.63) is 53.5 Å². The Morgan fingerprint density at radius 2 is 1.92 bits per heavy atom. The van der Waals surface area contributed by atoms with Gasteiger partial charge in [0, 0.05) is 11.8 Å². The molecule has 2 heterocycles. The largest absolute Gasteiger partial charge is 0.455 e. The van der Waals surface area contributed by atoms with E-state index in [0.29, 0.717) is 5.82 Å². The lowest BCUT2D eigenvalue weighted by Crippen LogP contribution is -2.12. The molecule has 0 saturated carbocycles. The summed E-state index contributed by atoms with van der Waals surface area (Å²) >= 11 is 0. The number of carbonyl (C=O) groups is 1. The first-order valence-electron chi connectivity index (χ1n) is 7.37. The maximum absolute atomic E-state index is 12.1. The minimum absolute atomic E-state index is 0.0136. The zero-order chi connectivity index (χ0) is 18.0. The number of rotatable bonds is 5. The summed E-state index contributed by atoms with van der Waals surface area (Å²) in [5.41, 5.74) is 1.96. The molecule has 8 nitrogen and oxygen atoms in total. The number of hydrogen-bond acceptors (Lipinski definition) is 6. The first kappa shape index (κ1) is 16.9. The Balaban J connectivity index is 1.70. The van der Waals surface area contributed by atoms with Crippen molar-refractivity contribution in [1.29, 1.82) is 0 Å². The number of H-pyrrole nitrogens is 1. The molecule has 0 atom stereocenters. The van der Waals surface area contributed by atoms with Crippen molar-refractivity contribution in [2.24, 2.45) is 0 Å². The van der Waals surface area contributed by atoms with E-state index in [1.54, 1.807) is 0 Å². The van der Waals surface area contributed by atoms with Crippen LogP contribution in [0.5, 0.6) is 0 Å². The number of sulfone groups is 1. The number of aromatic nitrogens is 3. The smallest absolute Gasteiger partial charge is 0.293 e. The zero-order valence-electron chi connectivity index (χ0n) is 13.6. The van der Waals surface area contributed by atoms with Crippen molar-refractivity contribution < 1.29 is 17.6 Å². The summed E-state index contributed by atoms with van der Waals surface area (Å²) in [6.07, 6.45) is 1.09. The number of amides is 1. The fraction of sp³-hybridized carbons (Fsp3) is 0.188. The summed E-state index contributed by atoms with van der Waals surface area (Å²) in [6.45, 7) is 1.98. The number of aromatic amines is 1. The van der Waals surface area contributed by atoms with Crippen LogP contribution in [0.1, 0.15) is 21.9 Å². The molecule has 0 saturated heterocycles. The van der Waals surface area contributed by atoms with Crippen LogP contribution in [0.4, 0.5) is 5.95 Å². The normalized spacial score (nSPS) is 11.4. The standard InChI is InChI=1S/C16H16N4O4S/c1-10-3-5-11(6-4-10)14-17-16(20-19-14)18-15(21)13-8-7-12(24-13)9-25(2,22)23/h3-8H,9H2,1-2H3,(H2,17,18,19,20,21). The molecular weight excluding hydrogens is 344 g/mol. The third-order valence-corrected chi connectivity index (χ3v) is 4.13. The Kier molecular flexibility index (Phi) is 4.41. The SMILES string of the molecule is Cc1ccc(-c2nc(NC(=O)c3ccc(CS(C)(=O)=O)o3)n[nH]2)cc1. The first-order chi connectivity index (χ1) is 11.8. The van der Waals surface area contributed by atoms with Crippen LogP contribution in [0.25, 0.3) is 11.4 Å². The minimum Gasteiger partial charge on any atom is -0.455 e. The van der Waals surface area contributed by atoms with Gasteiger partial charge in [0.05, 0.1) is 0 Å². The summed E-state index contributed by atoms with van der Waals surface area (Å²) in [6, 6.07) is 10.5. The molecule has 9 heteroatoms. The predicted octanol–water partition coefficient (Wildman–Crippen LogP) is 2.17. The molecule has 3 rings (SSSR count). The third-order valence-electron chi connectivity index (χ3n) is 3.33. The van der Waals surface area contributed by atoms with Gasteiger partial charge in [0.25, 0.3) is 5.91 Å². The molecule has 3 aromatic rings. The molecule has 2 N–H and O–H groups in total.